The Morgan fingerprint density at radius 3 is 2.35 bits per heavy atom. The second kappa shape index (κ2) is 6.40. The molecule has 0 spiro atoms. The number of esters is 1. The highest BCUT2D eigenvalue weighted by Crippen LogP contribution is 2.52. The monoisotopic (exact) mass is 354 g/mol. The Bertz CT molecular complexity index is 784. The van der Waals surface area contributed by atoms with E-state index in [1.54, 1.807) is 24.3 Å². The highest BCUT2D eigenvalue weighted by atomic mass is 16.6. The van der Waals surface area contributed by atoms with E-state index in [-0.39, 0.29) is 42.1 Å². The molecule has 1 aromatic carbocycles. The molecule has 0 unspecified atom stereocenters. The average molecular weight is 354 g/mol. The Morgan fingerprint density at radius 1 is 1.15 bits per heavy atom. The zero-order valence-corrected chi connectivity index (χ0v) is 14.2. The van der Waals surface area contributed by atoms with Crippen molar-refractivity contribution in [2.75, 3.05) is 13.7 Å². The molecule has 0 aromatic heterocycles. The molecular formula is C19H18N2O5. The fraction of sp³-hybridized carbons (Fsp3) is 0.368. The van der Waals surface area contributed by atoms with Gasteiger partial charge in [0.2, 0.25) is 0 Å². The number of rotatable bonds is 5. The van der Waals surface area contributed by atoms with Gasteiger partial charge in [-0.25, -0.2) is 4.79 Å². The summed E-state index contributed by atoms with van der Waals surface area (Å²) in [7, 11) is 1.29. The van der Waals surface area contributed by atoms with E-state index < -0.39 is 5.97 Å². The largest absolute Gasteiger partial charge is 0.482 e. The molecule has 0 N–H and O–H groups in total. The molecule has 1 saturated heterocycles. The van der Waals surface area contributed by atoms with Crippen LogP contribution in [-0.2, 0) is 19.1 Å². The van der Waals surface area contributed by atoms with Crippen LogP contribution in [0.15, 0.2) is 41.5 Å². The number of hydrogen-bond donors (Lipinski definition) is 0. The number of hydrazone groups is 1. The van der Waals surface area contributed by atoms with E-state index in [0.717, 1.165) is 11.4 Å². The van der Waals surface area contributed by atoms with Crippen LogP contribution in [-0.4, -0.2) is 42.7 Å². The zero-order valence-electron chi connectivity index (χ0n) is 14.2. The minimum Gasteiger partial charge on any atom is -0.482 e. The number of carbonyl (C=O) groups is 3. The van der Waals surface area contributed by atoms with Gasteiger partial charge in [-0.2, -0.15) is 10.1 Å². The van der Waals surface area contributed by atoms with Crippen molar-refractivity contribution >= 4 is 24.0 Å². The maximum atomic E-state index is 12.5. The predicted octanol–water partition coefficient (Wildman–Crippen LogP) is 1.38. The van der Waals surface area contributed by atoms with Gasteiger partial charge >= 0.3 is 5.97 Å². The number of hydrogen-bond acceptors (Lipinski definition) is 6. The highest BCUT2D eigenvalue weighted by molar-refractivity contribution is 6.06. The minimum atomic E-state index is -0.462. The second-order valence-electron chi connectivity index (χ2n) is 6.67. The molecule has 7 heteroatoms. The van der Waals surface area contributed by atoms with Crippen molar-refractivity contribution in [3.8, 4) is 5.75 Å². The van der Waals surface area contributed by atoms with Crippen molar-refractivity contribution < 1.29 is 23.9 Å². The molecule has 1 heterocycles. The van der Waals surface area contributed by atoms with E-state index in [2.05, 4.69) is 22.0 Å². The van der Waals surface area contributed by atoms with Gasteiger partial charge in [0.1, 0.15) is 5.75 Å². The van der Waals surface area contributed by atoms with Crippen LogP contribution in [0.3, 0.4) is 0 Å². The van der Waals surface area contributed by atoms with Crippen LogP contribution in [0.5, 0.6) is 5.75 Å². The fourth-order valence-electron chi connectivity index (χ4n) is 3.98. The maximum Gasteiger partial charge on any atom is 0.343 e. The number of methoxy groups -OCH3 is 1. The molecule has 2 bridgehead atoms. The number of amides is 2. The first kappa shape index (κ1) is 16.5. The summed E-state index contributed by atoms with van der Waals surface area (Å²) in [6.45, 7) is -0.167. The van der Waals surface area contributed by atoms with Crippen LogP contribution >= 0.6 is 0 Å². The summed E-state index contributed by atoms with van der Waals surface area (Å²) in [4.78, 5) is 36.1. The van der Waals surface area contributed by atoms with Gasteiger partial charge in [-0.05, 0) is 48.1 Å². The first-order valence-corrected chi connectivity index (χ1v) is 8.48. The molecule has 26 heavy (non-hydrogen) atoms. The number of allylic oxidation sites excluding steroid dienone is 2. The molecule has 2 amide bonds. The summed E-state index contributed by atoms with van der Waals surface area (Å²) in [5.74, 6) is -0.501. The maximum absolute atomic E-state index is 12.5. The summed E-state index contributed by atoms with van der Waals surface area (Å²) >= 11 is 0. The molecule has 1 aromatic rings. The molecule has 7 nitrogen and oxygen atoms in total. The fourth-order valence-corrected chi connectivity index (χ4v) is 3.98. The van der Waals surface area contributed by atoms with Crippen LogP contribution in [0.4, 0.5) is 0 Å². The van der Waals surface area contributed by atoms with Crippen LogP contribution < -0.4 is 4.74 Å². The van der Waals surface area contributed by atoms with E-state index in [1.807, 2.05) is 0 Å². The van der Waals surface area contributed by atoms with Crippen molar-refractivity contribution in [1.82, 2.24) is 5.01 Å². The topological polar surface area (TPSA) is 85.3 Å². The Morgan fingerprint density at radius 2 is 1.77 bits per heavy atom. The summed E-state index contributed by atoms with van der Waals surface area (Å²) in [6, 6.07) is 6.81. The Kier molecular flexibility index (Phi) is 4.06. The van der Waals surface area contributed by atoms with E-state index in [9.17, 15) is 14.4 Å². The molecule has 4 rings (SSSR count). The Balaban J connectivity index is 1.41. The normalized spacial score (nSPS) is 28.9. The van der Waals surface area contributed by atoms with Gasteiger partial charge in [0.15, 0.2) is 6.61 Å². The summed E-state index contributed by atoms with van der Waals surface area (Å²) < 4.78 is 9.77. The summed E-state index contributed by atoms with van der Waals surface area (Å²) in [5, 5.41) is 5.14. The quantitative estimate of drug-likeness (QED) is 0.345. The lowest BCUT2D eigenvalue weighted by molar-refractivity contribution is -0.143. The lowest BCUT2D eigenvalue weighted by Gasteiger charge is -2.13. The van der Waals surface area contributed by atoms with Crippen molar-refractivity contribution in [2.24, 2.45) is 28.8 Å². The van der Waals surface area contributed by atoms with Gasteiger partial charge < -0.3 is 9.47 Å². The van der Waals surface area contributed by atoms with Gasteiger partial charge in [-0.1, -0.05) is 12.2 Å². The van der Waals surface area contributed by atoms with Gasteiger partial charge in [-0.3, -0.25) is 9.59 Å². The number of benzene rings is 1. The van der Waals surface area contributed by atoms with Crippen molar-refractivity contribution in [2.45, 2.75) is 6.42 Å². The van der Waals surface area contributed by atoms with Crippen molar-refractivity contribution in [3.05, 3.63) is 42.0 Å². The lowest BCUT2D eigenvalue weighted by Crippen LogP contribution is -2.28. The molecule has 134 valence electrons. The van der Waals surface area contributed by atoms with Gasteiger partial charge in [0.05, 0.1) is 25.2 Å². The van der Waals surface area contributed by atoms with Crippen molar-refractivity contribution in [1.29, 1.82) is 0 Å². The molecule has 1 saturated carbocycles. The van der Waals surface area contributed by atoms with E-state index in [4.69, 9.17) is 4.74 Å². The third kappa shape index (κ3) is 2.69. The van der Waals surface area contributed by atoms with Crippen LogP contribution in [0.2, 0.25) is 0 Å². The third-order valence-corrected chi connectivity index (χ3v) is 5.23. The van der Waals surface area contributed by atoms with Crippen molar-refractivity contribution in [3.63, 3.8) is 0 Å². The Hall–Kier alpha value is -2.96. The summed E-state index contributed by atoms with van der Waals surface area (Å²) in [5.41, 5.74) is 0.717. The average Bonchev–Trinajstić information content (AvgIpc) is 3.33. The highest BCUT2D eigenvalue weighted by Gasteiger charge is 2.59. The smallest absolute Gasteiger partial charge is 0.343 e. The standard InChI is InChI=1S/C19H18N2O5/c1-25-15(22)10-26-14-6-2-11(3-7-14)9-20-21-18(23)16-12-4-5-13(8-12)17(16)19(21)24/h2-7,9,12-13,16-17H,8,10H2,1H3/b20-9-/t12-,13-,16-,17+/m0/s1. The predicted molar refractivity (Wildman–Crippen MR) is 91.1 cm³/mol. The molecule has 2 aliphatic carbocycles. The molecule has 4 atom stereocenters. The first-order chi connectivity index (χ1) is 12.6. The number of fused-ring (bicyclic) bond motifs is 5. The SMILES string of the molecule is COC(=O)COc1ccc(/C=N\N2C(=O)[C@@H]3[C@H](C2=O)[C@H]2C=C[C@H]3C2)cc1. The second-order valence-corrected chi connectivity index (χ2v) is 6.67. The molecule has 0 radical (unpaired) electrons. The minimum absolute atomic E-state index is 0.167. The van der Waals surface area contributed by atoms with Gasteiger partial charge in [-0.15, -0.1) is 0 Å². The zero-order chi connectivity index (χ0) is 18.3. The third-order valence-electron chi connectivity index (χ3n) is 5.23. The van der Waals surface area contributed by atoms with E-state index >= 15 is 0 Å². The van der Waals surface area contributed by atoms with E-state index in [1.165, 1.54) is 13.3 Å². The first-order valence-electron chi connectivity index (χ1n) is 8.48. The van der Waals surface area contributed by atoms with Crippen LogP contribution in [0, 0.1) is 23.7 Å². The molecule has 3 aliphatic rings. The number of nitrogens with zero attached hydrogens (tertiary/aromatic N) is 2. The lowest BCUT2D eigenvalue weighted by atomic mass is 9.85. The number of imide groups is 1. The Labute approximate surface area is 150 Å². The number of carbonyl (C=O) groups excluding carboxylic acids is 3. The van der Waals surface area contributed by atoms with Crippen LogP contribution in [0.1, 0.15) is 12.0 Å². The van der Waals surface area contributed by atoms with E-state index in [0.29, 0.717) is 11.3 Å². The van der Waals surface area contributed by atoms with Gasteiger partial charge in [0, 0.05) is 0 Å². The van der Waals surface area contributed by atoms with Gasteiger partial charge in [0.25, 0.3) is 11.8 Å². The molecular weight excluding hydrogens is 336 g/mol. The molecule has 1 aliphatic heterocycles. The summed E-state index contributed by atoms with van der Waals surface area (Å²) in [6.07, 6.45) is 6.49. The van der Waals surface area contributed by atoms with Crippen LogP contribution in [0.25, 0.3) is 0 Å². The number of ether oxygens (including phenoxy) is 2. The molecule has 2 fully saturated rings.